The summed E-state index contributed by atoms with van der Waals surface area (Å²) in [6, 6.07) is 9.42. The van der Waals surface area contributed by atoms with Crippen molar-refractivity contribution in [2.24, 2.45) is 0 Å². The van der Waals surface area contributed by atoms with E-state index in [-0.39, 0.29) is 24.1 Å². The quantitative estimate of drug-likeness (QED) is 0.769. The molecule has 25 heavy (non-hydrogen) atoms. The summed E-state index contributed by atoms with van der Waals surface area (Å²) < 4.78 is 5.64. The number of nitrogens with one attached hydrogen (secondary N) is 1. The van der Waals surface area contributed by atoms with Gasteiger partial charge in [-0.3, -0.25) is 9.59 Å². The summed E-state index contributed by atoms with van der Waals surface area (Å²) in [6.45, 7) is 1.76. The molecule has 0 aliphatic heterocycles. The minimum Gasteiger partial charge on any atom is -0.481 e. The van der Waals surface area contributed by atoms with Gasteiger partial charge in [-0.1, -0.05) is 30.3 Å². The number of oxazole rings is 1. The Balaban J connectivity index is 1.69. The van der Waals surface area contributed by atoms with Crippen molar-refractivity contribution >= 4 is 11.9 Å². The minimum atomic E-state index is -0.876. The Morgan fingerprint density at radius 3 is 2.68 bits per heavy atom. The summed E-state index contributed by atoms with van der Waals surface area (Å²) in [5.41, 5.74) is 1.63. The Kier molecular flexibility index (Phi) is 5.16. The summed E-state index contributed by atoms with van der Waals surface area (Å²) in [5, 5.41) is 11.9. The van der Waals surface area contributed by atoms with Crippen molar-refractivity contribution in [3.8, 4) is 0 Å². The molecule has 1 unspecified atom stereocenters. The molecule has 0 saturated heterocycles. The molecule has 1 aliphatic carbocycles. The first-order valence-corrected chi connectivity index (χ1v) is 8.57. The van der Waals surface area contributed by atoms with Crippen LogP contribution < -0.4 is 5.32 Å². The van der Waals surface area contributed by atoms with E-state index in [4.69, 9.17) is 9.52 Å². The third-order valence-corrected chi connectivity index (χ3v) is 4.31. The molecule has 2 aromatic rings. The maximum Gasteiger partial charge on any atom is 0.303 e. The zero-order chi connectivity index (χ0) is 17.8. The number of aliphatic carboxylic acids is 1. The second-order valence-electron chi connectivity index (χ2n) is 6.53. The summed E-state index contributed by atoms with van der Waals surface area (Å²) in [7, 11) is 0. The van der Waals surface area contributed by atoms with Crippen molar-refractivity contribution < 1.29 is 19.1 Å². The summed E-state index contributed by atoms with van der Waals surface area (Å²) >= 11 is 0. The van der Waals surface area contributed by atoms with Crippen molar-refractivity contribution in [1.29, 1.82) is 0 Å². The van der Waals surface area contributed by atoms with Crippen LogP contribution in [0.15, 0.2) is 34.7 Å². The summed E-state index contributed by atoms with van der Waals surface area (Å²) in [4.78, 5) is 27.8. The lowest BCUT2D eigenvalue weighted by atomic mass is 10.0. The van der Waals surface area contributed by atoms with E-state index in [9.17, 15) is 9.59 Å². The Morgan fingerprint density at radius 2 is 2.04 bits per heavy atom. The Hall–Kier alpha value is -2.63. The van der Waals surface area contributed by atoms with Crippen molar-refractivity contribution in [2.75, 3.05) is 0 Å². The van der Waals surface area contributed by atoms with Crippen LogP contribution in [0.25, 0.3) is 0 Å². The first-order chi connectivity index (χ1) is 12.0. The lowest BCUT2D eigenvalue weighted by Crippen LogP contribution is -2.37. The van der Waals surface area contributed by atoms with Crippen molar-refractivity contribution in [2.45, 2.75) is 51.0 Å². The molecule has 0 spiro atoms. The van der Waals surface area contributed by atoms with Crippen LogP contribution >= 0.6 is 0 Å². The smallest absolute Gasteiger partial charge is 0.303 e. The fourth-order valence-electron chi connectivity index (χ4n) is 2.81. The fraction of sp³-hybridized carbons (Fsp3) is 0.421. The van der Waals surface area contributed by atoms with Gasteiger partial charge in [0.2, 0.25) is 5.76 Å². The number of nitrogens with zero attached hydrogens (tertiary/aromatic N) is 1. The highest BCUT2D eigenvalue weighted by Gasteiger charge is 2.31. The Bertz CT molecular complexity index is 750. The number of aromatic nitrogens is 1. The van der Waals surface area contributed by atoms with Crippen LogP contribution in [0.5, 0.6) is 0 Å². The van der Waals surface area contributed by atoms with Gasteiger partial charge < -0.3 is 14.8 Å². The number of carbonyl (C=O) groups excluding carboxylic acids is 1. The number of carboxylic acid groups (broad SMARTS) is 1. The van der Waals surface area contributed by atoms with Crippen LogP contribution in [0.4, 0.5) is 0 Å². The Morgan fingerprint density at radius 1 is 1.32 bits per heavy atom. The van der Waals surface area contributed by atoms with E-state index in [0.717, 1.165) is 18.4 Å². The predicted molar refractivity (Wildman–Crippen MR) is 91.5 cm³/mol. The van der Waals surface area contributed by atoms with E-state index >= 15 is 0 Å². The highest BCUT2D eigenvalue weighted by atomic mass is 16.4. The van der Waals surface area contributed by atoms with Gasteiger partial charge in [0, 0.05) is 18.4 Å². The standard InChI is InChI=1S/C19H22N2O4/c1-12-17(25-19(20-12)14-7-8-14)18(24)21-15(9-10-16(22)23)11-13-5-3-2-4-6-13/h2-6,14-15H,7-11H2,1H3,(H,21,24)(H,22,23). The molecule has 1 aromatic carbocycles. The molecule has 1 aromatic heterocycles. The number of rotatable bonds is 8. The monoisotopic (exact) mass is 342 g/mol. The van der Waals surface area contributed by atoms with Crippen molar-refractivity contribution in [1.82, 2.24) is 10.3 Å². The van der Waals surface area contributed by atoms with Gasteiger partial charge in [0.05, 0.1) is 5.69 Å². The van der Waals surface area contributed by atoms with E-state index in [1.165, 1.54) is 0 Å². The molecule has 0 bridgehead atoms. The van der Waals surface area contributed by atoms with E-state index in [0.29, 0.717) is 30.3 Å². The third kappa shape index (κ3) is 4.68. The van der Waals surface area contributed by atoms with Crippen molar-refractivity contribution in [3.05, 3.63) is 53.2 Å². The van der Waals surface area contributed by atoms with Gasteiger partial charge in [0.25, 0.3) is 5.91 Å². The average molecular weight is 342 g/mol. The number of hydrogen-bond donors (Lipinski definition) is 2. The van der Waals surface area contributed by atoms with Gasteiger partial charge in [-0.2, -0.15) is 0 Å². The highest BCUT2D eigenvalue weighted by molar-refractivity contribution is 5.92. The number of carboxylic acids is 1. The third-order valence-electron chi connectivity index (χ3n) is 4.31. The first kappa shape index (κ1) is 17.2. The maximum absolute atomic E-state index is 12.6. The molecular formula is C19H22N2O4. The SMILES string of the molecule is Cc1nc(C2CC2)oc1C(=O)NC(CCC(=O)O)Cc1ccccc1. The molecule has 1 heterocycles. The molecule has 6 nitrogen and oxygen atoms in total. The Labute approximate surface area is 146 Å². The van der Waals surface area contributed by atoms with E-state index in [1.54, 1.807) is 6.92 Å². The van der Waals surface area contributed by atoms with Crippen LogP contribution in [0.3, 0.4) is 0 Å². The number of benzene rings is 1. The van der Waals surface area contributed by atoms with Crippen LogP contribution in [0.1, 0.15) is 59.3 Å². The lowest BCUT2D eigenvalue weighted by Gasteiger charge is -2.17. The zero-order valence-electron chi connectivity index (χ0n) is 14.2. The normalized spacial score (nSPS) is 14.9. The number of amides is 1. The highest BCUT2D eigenvalue weighted by Crippen LogP contribution is 2.40. The van der Waals surface area contributed by atoms with Gasteiger partial charge in [-0.25, -0.2) is 4.98 Å². The molecule has 3 rings (SSSR count). The number of carbonyl (C=O) groups is 2. The second-order valence-corrected chi connectivity index (χ2v) is 6.53. The summed E-state index contributed by atoms with van der Waals surface area (Å²) in [5.74, 6) is -0.00199. The van der Waals surface area contributed by atoms with Crippen LogP contribution in [-0.4, -0.2) is 28.0 Å². The van der Waals surface area contributed by atoms with Gasteiger partial charge in [-0.05, 0) is 38.2 Å². The van der Waals surface area contributed by atoms with Gasteiger partial charge >= 0.3 is 5.97 Å². The molecule has 1 aliphatic rings. The molecule has 6 heteroatoms. The topological polar surface area (TPSA) is 92.4 Å². The summed E-state index contributed by atoms with van der Waals surface area (Å²) in [6.07, 6.45) is 3.04. The number of hydrogen-bond acceptors (Lipinski definition) is 4. The molecule has 0 radical (unpaired) electrons. The lowest BCUT2D eigenvalue weighted by molar-refractivity contribution is -0.137. The molecular weight excluding hydrogens is 320 g/mol. The molecule has 2 N–H and O–H groups in total. The number of aryl methyl sites for hydroxylation is 1. The fourth-order valence-corrected chi connectivity index (χ4v) is 2.81. The first-order valence-electron chi connectivity index (χ1n) is 8.57. The second kappa shape index (κ2) is 7.51. The maximum atomic E-state index is 12.6. The van der Waals surface area contributed by atoms with E-state index < -0.39 is 5.97 Å². The average Bonchev–Trinajstić information content (AvgIpc) is 3.36. The predicted octanol–water partition coefficient (Wildman–Crippen LogP) is 3.07. The van der Waals surface area contributed by atoms with E-state index in [2.05, 4.69) is 10.3 Å². The van der Waals surface area contributed by atoms with Crippen LogP contribution in [0, 0.1) is 6.92 Å². The molecule has 1 atom stereocenters. The zero-order valence-corrected chi connectivity index (χ0v) is 14.2. The van der Waals surface area contributed by atoms with Gasteiger partial charge in [0.15, 0.2) is 5.89 Å². The largest absolute Gasteiger partial charge is 0.481 e. The minimum absolute atomic E-state index is 0.000487. The molecule has 1 fully saturated rings. The molecule has 132 valence electrons. The molecule has 1 amide bonds. The van der Waals surface area contributed by atoms with Gasteiger partial charge in [0.1, 0.15) is 0 Å². The van der Waals surface area contributed by atoms with Crippen LogP contribution in [0.2, 0.25) is 0 Å². The molecule has 1 saturated carbocycles. The van der Waals surface area contributed by atoms with Gasteiger partial charge in [-0.15, -0.1) is 0 Å². The van der Waals surface area contributed by atoms with Crippen molar-refractivity contribution in [3.63, 3.8) is 0 Å². The van der Waals surface area contributed by atoms with E-state index in [1.807, 2.05) is 30.3 Å². The van der Waals surface area contributed by atoms with Crippen LogP contribution in [-0.2, 0) is 11.2 Å².